The van der Waals surface area contributed by atoms with Gasteiger partial charge in [-0.1, -0.05) is 11.6 Å². The van der Waals surface area contributed by atoms with Crippen molar-refractivity contribution in [2.45, 2.75) is 0 Å². The van der Waals surface area contributed by atoms with Crippen molar-refractivity contribution in [1.29, 1.82) is 0 Å². The van der Waals surface area contributed by atoms with Crippen LogP contribution in [0.25, 0.3) is 0 Å². The van der Waals surface area contributed by atoms with Crippen LogP contribution in [0.3, 0.4) is 0 Å². The van der Waals surface area contributed by atoms with Crippen LogP contribution in [0.15, 0.2) is 17.3 Å². The maximum Gasteiger partial charge on any atom is 0.315 e. The molecule has 0 aliphatic carbocycles. The van der Waals surface area contributed by atoms with E-state index >= 15 is 0 Å². The highest BCUT2D eigenvalue weighted by Gasteiger charge is 2.15. The monoisotopic (exact) mass is 215 g/mol. The number of pyridine rings is 1. The van der Waals surface area contributed by atoms with Crippen molar-refractivity contribution in [2.75, 3.05) is 0 Å². The van der Waals surface area contributed by atoms with Crippen molar-refractivity contribution in [3.05, 3.63) is 27.4 Å². The molecule has 1 aromatic heterocycles. The van der Waals surface area contributed by atoms with Crippen LogP contribution < -0.4 is 11.5 Å². The van der Waals surface area contributed by atoms with Gasteiger partial charge in [-0.2, -0.15) is 4.99 Å². The number of hydrogen-bond donors (Lipinski definition) is 2. The molecule has 14 heavy (non-hydrogen) atoms. The molecule has 7 nitrogen and oxygen atoms in total. The number of rotatable bonds is 2. The van der Waals surface area contributed by atoms with Crippen LogP contribution in [0.5, 0.6) is 0 Å². The molecule has 0 aliphatic rings. The second kappa shape index (κ2) is 3.88. The normalized spacial score (nSPS) is 9.50. The molecule has 0 bridgehead atoms. The number of halogens is 1. The van der Waals surface area contributed by atoms with Gasteiger partial charge in [0.2, 0.25) is 5.82 Å². The van der Waals surface area contributed by atoms with Gasteiger partial charge in [-0.15, -0.1) is 0 Å². The van der Waals surface area contributed by atoms with Crippen LogP contribution in [0.1, 0.15) is 0 Å². The van der Waals surface area contributed by atoms with Crippen molar-refractivity contribution in [3.8, 4) is 0 Å². The molecule has 0 aromatic carbocycles. The number of nitro groups is 1. The molecular formula is C6H6ClN5O2. The van der Waals surface area contributed by atoms with Crippen molar-refractivity contribution in [3.63, 3.8) is 0 Å². The summed E-state index contributed by atoms with van der Waals surface area (Å²) < 4.78 is 0. The van der Waals surface area contributed by atoms with E-state index in [0.29, 0.717) is 0 Å². The Balaban J connectivity index is 3.29. The summed E-state index contributed by atoms with van der Waals surface area (Å²) in [5.74, 6) is -0.470. The largest absolute Gasteiger partial charge is 0.370 e. The van der Waals surface area contributed by atoms with Gasteiger partial charge in [-0.25, -0.2) is 4.98 Å². The number of nitrogens with two attached hydrogens (primary N) is 2. The maximum atomic E-state index is 10.5. The SMILES string of the molecule is NC(N)=Nc1ncc(Cl)cc1[N+](=O)[O-]. The van der Waals surface area contributed by atoms with Crippen LogP contribution in [-0.4, -0.2) is 15.9 Å². The third-order valence-electron chi connectivity index (χ3n) is 1.25. The van der Waals surface area contributed by atoms with Crippen molar-refractivity contribution < 1.29 is 4.92 Å². The van der Waals surface area contributed by atoms with E-state index in [0.717, 1.165) is 6.07 Å². The molecule has 1 rings (SSSR count). The summed E-state index contributed by atoms with van der Waals surface area (Å²) >= 11 is 5.52. The van der Waals surface area contributed by atoms with Crippen LogP contribution in [0.4, 0.5) is 11.5 Å². The number of aliphatic imine (C=N–C) groups is 1. The minimum absolute atomic E-state index is 0.145. The van der Waals surface area contributed by atoms with Gasteiger partial charge in [0, 0.05) is 12.3 Å². The fraction of sp³-hybridized carbons (Fsp3) is 0. The Morgan fingerprint density at radius 3 is 2.79 bits per heavy atom. The fourth-order valence-corrected chi connectivity index (χ4v) is 0.916. The number of guanidine groups is 1. The predicted octanol–water partition coefficient (Wildman–Crippen LogP) is 0.548. The molecule has 0 fully saturated rings. The lowest BCUT2D eigenvalue weighted by molar-refractivity contribution is -0.384. The molecule has 4 N–H and O–H groups in total. The van der Waals surface area contributed by atoms with Gasteiger partial charge in [0.05, 0.1) is 9.95 Å². The lowest BCUT2D eigenvalue weighted by Crippen LogP contribution is -2.22. The van der Waals surface area contributed by atoms with Gasteiger partial charge in [0.25, 0.3) is 0 Å². The topological polar surface area (TPSA) is 120 Å². The quantitative estimate of drug-likeness (QED) is 0.323. The summed E-state index contributed by atoms with van der Waals surface area (Å²) in [6, 6.07) is 1.12. The third kappa shape index (κ3) is 2.30. The van der Waals surface area contributed by atoms with E-state index in [1.807, 2.05) is 0 Å². The average Bonchev–Trinajstić information content (AvgIpc) is 2.07. The Bertz CT molecular complexity index is 401. The summed E-state index contributed by atoms with van der Waals surface area (Å²) in [6.07, 6.45) is 1.22. The van der Waals surface area contributed by atoms with E-state index in [1.165, 1.54) is 6.20 Å². The van der Waals surface area contributed by atoms with Gasteiger partial charge < -0.3 is 11.5 Å². The van der Waals surface area contributed by atoms with Crippen LogP contribution in [0, 0.1) is 10.1 Å². The molecule has 0 amide bonds. The molecule has 0 unspecified atom stereocenters. The summed E-state index contributed by atoms with van der Waals surface area (Å²) in [6.45, 7) is 0. The smallest absolute Gasteiger partial charge is 0.315 e. The van der Waals surface area contributed by atoms with Crippen LogP contribution in [-0.2, 0) is 0 Å². The molecule has 8 heteroatoms. The minimum Gasteiger partial charge on any atom is -0.370 e. The molecule has 1 heterocycles. The Labute approximate surface area is 83.5 Å². The summed E-state index contributed by atoms with van der Waals surface area (Å²) in [5, 5.41) is 10.7. The second-order valence-electron chi connectivity index (χ2n) is 2.29. The van der Waals surface area contributed by atoms with Crippen molar-refractivity contribution in [1.82, 2.24) is 4.98 Å². The highest BCUT2D eigenvalue weighted by molar-refractivity contribution is 6.30. The number of aromatic nitrogens is 1. The number of nitrogens with zero attached hydrogens (tertiary/aromatic N) is 3. The molecular weight excluding hydrogens is 210 g/mol. The van der Waals surface area contributed by atoms with Crippen molar-refractivity contribution >= 4 is 29.1 Å². The molecule has 0 saturated heterocycles. The lowest BCUT2D eigenvalue weighted by Gasteiger charge is -1.97. The zero-order valence-electron chi connectivity index (χ0n) is 6.85. The maximum absolute atomic E-state index is 10.5. The van der Waals surface area contributed by atoms with E-state index in [9.17, 15) is 10.1 Å². The van der Waals surface area contributed by atoms with Gasteiger partial charge in [-0.05, 0) is 0 Å². The number of hydrogen-bond acceptors (Lipinski definition) is 4. The first-order valence-corrected chi connectivity index (χ1v) is 3.78. The first kappa shape index (κ1) is 10.2. The van der Waals surface area contributed by atoms with E-state index < -0.39 is 4.92 Å². The average molecular weight is 216 g/mol. The van der Waals surface area contributed by atoms with Crippen LogP contribution >= 0.6 is 11.6 Å². The zero-order valence-corrected chi connectivity index (χ0v) is 7.60. The summed E-state index contributed by atoms with van der Waals surface area (Å²) in [5.41, 5.74) is 9.79. The van der Waals surface area contributed by atoms with E-state index in [-0.39, 0.29) is 22.5 Å². The lowest BCUT2D eigenvalue weighted by atomic mass is 10.4. The first-order valence-electron chi connectivity index (χ1n) is 3.40. The van der Waals surface area contributed by atoms with Gasteiger partial charge in [0.1, 0.15) is 0 Å². The fourth-order valence-electron chi connectivity index (χ4n) is 0.764. The molecule has 0 atom stereocenters. The van der Waals surface area contributed by atoms with Crippen molar-refractivity contribution in [2.24, 2.45) is 16.5 Å². The molecule has 1 aromatic rings. The van der Waals surface area contributed by atoms with Gasteiger partial charge >= 0.3 is 5.69 Å². The van der Waals surface area contributed by atoms with E-state index in [1.54, 1.807) is 0 Å². The predicted molar refractivity (Wildman–Crippen MR) is 51.4 cm³/mol. The molecule has 74 valence electrons. The Morgan fingerprint density at radius 1 is 1.64 bits per heavy atom. The third-order valence-corrected chi connectivity index (χ3v) is 1.45. The van der Waals surface area contributed by atoms with E-state index in [4.69, 9.17) is 23.1 Å². The highest BCUT2D eigenvalue weighted by atomic mass is 35.5. The summed E-state index contributed by atoms with van der Waals surface area (Å²) in [4.78, 5) is 16.9. The van der Waals surface area contributed by atoms with E-state index in [2.05, 4.69) is 9.98 Å². The Hall–Kier alpha value is -1.89. The molecule has 0 aliphatic heterocycles. The van der Waals surface area contributed by atoms with Gasteiger partial charge in [0.15, 0.2) is 5.96 Å². The Kier molecular flexibility index (Phi) is 2.82. The zero-order chi connectivity index (χ0) is 10.7. The highest BCUT2D eigenvalue weighted by Crippen LogP contribution is 2.26. The Morgan fingerprint density at radius 2 is 2.29 bits per heavy atom. The first-order chi connectivity index (χ1) is 6.50. The summed E-state index contributed by atoms with van der Waals surface area (Å²) in [7, 11) is 0. The molecule has 0 saturated carbocycles. The second-order valence-corrected chi connectivity index (χ2v) is 2.73. The minimum atomic E-state index is -0.666. The van der Waals surface area contributed by atoms with Gasteiger partial charge in [-0.3, -0.25) is 10.1 Å². The molecule has 0 radical (unpaired) electrons. The van der Waals surface area contributed by atoms with Crippen LogP contribution in [0.2, 0.25) is 5.02 Å². The molecule has 0 spiro atoms. The standard InChI is InChI=1S/C6H6ClN5O2/c7-3-1-4(12(13)14)5(10-2-3)11-6(8)9/h1-2H,(H4,8,9,10,11).